The highest BCUT2D eigenvalue weighted by atomic mass is 35.5. The van der Waals surface area contributed by atoms with Crippen molar-refractivity contribution < 1.29 is 24.2 Å². The Morgan fingerprint density at radius 1 is 1.23 bits per heavy atom. The second-order valence-electron chi connectivity index (χ2n) is 5.63. The van der Waals surface area contributed by atoms with Crippen molar-refractivity contribution in [1.29, 1.82) is 0 Å². The third-order valence-corrected chi connectivity index (χ3v) is 5.34. The second kappa shape index (κ2) is 8.91. The summed E-state index contributed by atoms with van der Waals surface area (Å²) < 4.78 is 11.1. The summed E-state index contributed by atoms with van der Waals surface area (Å²) in [6.07, 6.45) is -0.271. The average molecular weight is 398 g/mol. The van der Waals surface area contributed by atoms with Crippen molar-refractivity contribution in [3.05, 3.63) is 45.1 Å². The highest BCUT2D eigenvalue weighted by Crippen LogP contribution is 2.33. The van der Waals surface area contributed by atoms with Crippen LogP contribution in [0.3, 0.4) is 0 Å². The molecule has 2 unspecified atom stereocenters. The van der Waals surface area contributed by atoms with Gasteiger partial charge >= 0.3 is 5.97 Å². The smallest absolute Gasteiger partial charge is 0.305 e. The molecule has 2 N–H and O–H groups in total. The number of amides is 1. The van der Waals surface area contributed by atoms with Gasteiger partial charge in [0.05, 0.1) is 36.9 Å². The van der Waals surface area contributed by atoms with E-state index in [1.165, 1.54) is 25.6 Å². The summed E-state index contributed by atoms with van der Waals surface area (Å²) in [6.45, 7) is 1.75. The molecular weight excluding hydrogens is 378 g/mol. The molecule has 0 radical (unpaired) electrons. The highest BCUT2D eigenvalue weighted by molar-refractivity contribution is 7.16. The summed E-state index contributed by atoms with van der Waals surface area (Å²) in [7, 11) is 3.01. The van der Waals surface area contributed by atoms with Gasteiger partial charge in [-0.3, -0.25) is 9.59 Å². The summed E-state index contributed by atoms with van der Waals surface area (Å²) in [5.74, 6) is -0.740. The van der Waals surface area contributed by atoms with Crippen LogP contribution in [0.4, 0.5) is 0 Å². The molecule has 0 aliphatic rings. The molecular formula is C18H20ClNO5S. The van der Waals surface area contributed by atoms with Crippen LogP contribution in [0.5, 0.6) is 11.5 Å². The van der Waals surface area contributed by atoms with Crippen LogP contribution < -0.4 is 14.8 Å². The van der Waals surface area contributed by atoms with Gasteiger partial charge in [0.25, 0.3) is 0 Å². The van der Waals surface area contributed by atoms with Crippen molar-refractivity contribution in [2.45, 2.75) is 25.3 Å². The minimum Gasteiger partial charge on any atom is -0.497 e. The van der Waals surface area contributed by atoms with E-state index in [9.17, 15) is 14.7 Å². The second-order valence-corrected chi connectivity index (χ2v) is 7.38. The predicted molar refractivity (Wildman–Crippen MR) is 100 cm³/mol. The third kappa shape index (κ3) is 4.89. The standard InChI is InChI=1S/C18H20ClNO5S/c1-10(15-6-7-16(19)26-15)18(23)20-13(9-17(21)22)12-5-4-11(24-2)8-14(12)25-3/h4-8,10,13H,9H2,1-3H3,(H,20,23)(H,21,22). The quantitative estimate of drug-likeness (QED) is 0.706. The monoisotopic (exact) mass is 397 g/mol. The Hall–Kier alpha value is -2.25. The number of benzene rings is 1. The van der Waals surface area contributed by atoms with Crippen molar-refractivity contribution in [3.8, 4) is 11.5 Å². The number of methoxy groups -OCH3 is 2. The summed E-state index contributed by atoms with van der Waals surface area (Å²) in [6, 6.07) is 7.82. The first-order valence-electron chi connectivity index (χ1n) is 7.85. The van der Waals surface area contributed by atoms with E-state index in [1.807, 2.05) is 0 Å². The maximum absolute atomic E-state index is 12.6. The molecule has 8 heteroatoms. The molecule has 2 aromatic rings. The number of carbonyl (C=O) groups excluding carboxylic acids is 1. The SMILES string of the molecule is COc1ccc(C(CC(=O)O)NC(=O)C(C)c2ccc(Cl)s2)c(OC)c1. The molecule has 1 aromatic heterocycles. The van der Waals surface area contributed by atoms with E-state index in [-0.39, 0.29) is 12.3 Å². The largest absolute Gasteiger partial charge is 0.497 e. The number of thiophene rings is 1. The first-order valence-corrected chi connectivity index (χ1v) is 9.04. The number of carbonyl (C=O) groups is 2. The Bertz CT molecular complexity index is 792. The number of ether oxygens (including phenoxy) is 2. The molecule has 1 amide bonds. The number of nitrogens with one attached hydrogen (secondary N) is 1. The van der Waals surface area contributed by atoms with Gasteiger partial charge < -0.3 is 19.9 Å². The van der Waals surface area contributed by atoms with Crippen molar-refractivity contribution >= 4 is 34.8 Å². The number of rotatable bonds is 8. The van der Waals surface area contributed by atoms with E-state index in [0.29, 0.717) is 21.4 Å². The number of carboxylic acid groups (broad SMARTS) is 1. The Kier molecular flexibility index (Phi) is 6.88. The van der Waals surface area contributed by atoms with Gasteiger partial charge in [0.1, 0.15) is 11.5 Å². The topological polar surface area (TPSA) is 84.9 Å². The fourth-order valence-corrected chi connectivity index (χ4v) is 3.62. The lowest BCUT2D eigenvalue weighted by atomic mass is 10.0. The zero-order valence-electron chi connectivity index (χ0n) is 14.6. The van der Waals surface area contributed by atoms with Crippen LogP contribution in [0.1, 0.15) is 35.7 Å². The van der Waals surface area contributed by atoms with Crippen molar-refractivity contribution in [3.63, 3.8) is 0 Å². The molecule has 0 saturated heterocycles. The van der Waals surface area contributed by atoms with Gasteiger partial charge in [0, 0.05) is 16.5 Å². The fourth-order valence-electron chi connectivity index (χ4n) is 2.51. The average Bonchev–Trinajstić information content (AvgIpc) is 3.05. The lowest BCUT2D eigenvalue weighted by Gasteiger charge is -2.22. The number of hydrogen-bond donors (Lipinski definition) is 2. The van der Waals surface area contributed by atoms with Crippen LogP contribution in [0.25, 0.3) is 0 Å². The minimum atomic E-state index is -1.03. The number of carboxylic acids is 1. The Morgan fingerprint density at radius 2 is 1.96 bits per heavy atom. The van der Waals surface area contributed by atoms with Gasteiger partial charge in [-0.2, -0.15) is 0 Å². The van der Waals surface area contributed by atoms with E-state index < -0.39 is 17.9 Å². The van der Waals surface area contributed by atoms with Crippen molar-refractivity contribution in [2.75, 3.05) is 14.2 Å². The van der Waals surface area contributed by atoms with Crippen LogP contribution in [0.15, 0.2) is 30.3 Å². The van der Waals surface area contributed by atoms with Crippen molar-refractivity contribution in [1.82, 2.24) is 5.32 Å². The summed E-state index contributed by atoms with van der Waals surface area (Å²) in [5, 5.41) is 12.1. The van der Waals surface area contributed by atoms with E-state index in [2.05, 4.69) is 5.32 Å². The van der Waals surface area contributed by atoms with Crippen LogP contribution in [0.2, 0.25) is 4.34 Å². The molecule has 1 heterocycles. The van der Waals surface area contributed by atoms with Gasteiger partial charge in [-0.15, -0.1) is 11.3 Å². The number of hydrogen-bond acceptors (Lipinski definition) is 5. The highest BCUT2D eigenvalue weighted by Gasteiger charge is 2.25. The lowest BCUT2D eigenvalue weighted by molar-refractivity contribution is -0.137. The zero-order chi connectivity index (χ0) is 19.3. The molecule has 0 aliphatic carbocycles. The molecule has 140 valence electrons. The maximum Gasteiger partial charge on any atom is 0.305 e. The van der Waals surface area contributed by atoms with E-state index in [0.717, 1.165) is 4.88 Å². The molecule has 2 atom stereocenters. The maximum atomic E-state index is 12.6. The first-order chi connectivity index (χ1) is 12.3. The van der Waals surface area contributed by atoms with Gasteiger partial charge in [-0.25, -0.2) is 0 Å². The number of halogens is 1. The molecule has 0 saturated carbocycles. The zero-order valence-corrected chi connectivity index (χ0v) is 16.2. The van der Waals surface area contributed by atoms with E-state index in [1.54, 1.807) is 37.3 Å². The fraction of sp³-hybridized carbons (Fsp3) is 0.333. The molecule has 6 nitrogen and oxygen atoms in total. The third-order valence-electron chi connectivity index (χ3n) is 3.93. The van der Waals surface area contributed by atoms with Crippen molar-refractivity contribution in [2.24, 2.45) is 0 Å². The normalized spacial score (nSPS) is 12.9. The Balaban J connectivity index is 2.27. The minimum absolute atomic E-state index is 0.271. The molecule has 1 aromatic carbocycles. The molecule has 26 heavy (non-hydrogen) atoms. The molecule has 2 rings (SSSR count). The first kappa shape index (κ1) is 20.1. The molecule has 0 spiro atoms. The Morgan fingerprint density at radius 3 is 2.50 bits per heavy atom. The van der Waals surface area contributed by atoms with E-state index in [4.69, 9.17) is 21.1 Å². The van der Waals surface area contributed by atoms with Gasteiger partial charge in [-0.1, -0.05) is 11.6 Å². The van der Waals surface area contributed by atoms with Crippen LogP contribution in [-0.2, 0) is 9.59 Å². The Labute approximate surface area is 160 Å². The molecule has 0 aliphatic heterocycles. The summed E-state index contributed by atoms with van der Waals surface area (Å²) in [4.78, 5) is 24.7. The lowest BCUT2D eigenvalue weighted by Crippen LogP contribution is -2.33. The molecule has 0 fully saturated rings. The van der Waals surface area contributed by atoms with Gasteiger partial charge in [-0.05, 0) is 31.2 Å². The van der Waals surface area contributed by atoms with Crippen LogP contribution >= 0.6 is 22.9 Å². The summed E-state index contributed by atoms with van der Waals surface area (Å²) in [5.41, 5.74) is 0.570. The van der Waals surface area contributed by atoms with Crippen LogP contribution in [0, 0.1) is 0 Å². The van der Waals surface area contributed by atoms with Gasteiger partial charge in [0.2, 0.25) is 5.91 Å². The number of aliphatic carboxylic acids is 1. The molecule has 0 bridgehead atoms. The van der Waals surface area contributed by atoms with Crippen LogP contribution in [-0.4, -0.2) is 31.2 Å². The predicted octanol–water partition coefficient (Wildman–Crippen LogP) is 3.85. The van der Waals surface area contributed by atoms with E-state index >= 15 is 0 Å². The van der Waals surface area contributed by atoms with Gasteiger partial charge in [0.15, 0.2) is 0 Å². The summed E-state index contributed by atoms with van der Waals surface area (Å²) >= 11 is 7.25.